The standard InChI is InChI=1S/C16H18N4O3S/c1-16(2)15(21)19-11(8-24-16)14-17-9-18-20(14)10-3-4-12-13(7-10)23-6-5-22-12/h3-4,7,9,11H,5-6,8H2,1-2H3,(H,19,21)/t11-/m0/s1. The Morgan fingerprint density at radius 1 is 1.29 bits per heavy atom. The number of nitrogens with one attached hydrogen (secondary N) is 1. The van der Waals surface area contributed by atoms with E-state index in [1.807, 2.05) is 32.0 Å². The number of carbonyl (C=O) groups is 1. The van der Waals surface area contributed by atoms with E-state index in [4.69, 9.17) is 9.47 Å². The largest absolute Gasteiger partial charge is 0.486 e. The predicted octanol–water partition coefficient (Wildman–Crippen LogP) is 1.72. The third kappa shape index (κ3) is 2.60. The van der Waals surface area contributed by atoms with Crippen LogP contribution in [0.1, 0.15) is 25.7 Å². The van der Waals surface area contributed by atoms with E-state index < -0.39 is 4.75 Å². The van der Waals surface area contributed by atoms with Crippen LogP contribution in [0.15, 0.2) is 24.5 Å². The Bertz CT molecular complexity index is 789. The van der Waals surface area contributed by atoms with Gasteiger partial charge in [-0.15, -0.1) is 11.8 Å². The molecular formula is C16H18N4O3S. The van der Waals surface area contributed by atoms with Gasteiger partial charge in [0, 0.05) is 11.8 Å². The van der Waals surface area contributed by atoms with Gasteiger partial charge in [-0.3, -0.25) is 4.79 Å². The molecule has 24 heavy (non-hydrogen) atoms. The number of nitrogens with zero attached hydrogens (tertiary/aromatic N) is 3. The van der Waals surface area contributed by atoms with E-state index in [0.717, 1.165) is 17.2 Å². The van der Waals surface area contributed by atoms with Crippen molar-refractivity contribution in [1.29, 1.82) is 0 Å². The molecule has 126 valence electrons. The van der Waals surface area contributed by atoms with Crippen LogP contribution < -0.4 is 14.8 Å². The zero-order chi connectivity index (χ0) is 16.7. The van der Waals surface area contributed by atoms with Crippen LogP contribution in [0.2, 0.25) is 0 Å². The first-order chi connectivity index (χ1) is 11.5. The van der Waals surface area contributed by atoms with E-state index in [9.17, 15) is 4.79 Å². The number of hydrogen-bond donors (Lipinski definition) is 1. The summed E-state index contributed by atoms with van der Waals surface area (Å²) in [7, 11) is 0. The molecule has 1 amide bonds. The molecule has 0 bridgehead atoms. The number of carbonyl (C=O) groups excluding carboxylic acids is 1. The monoisotopic (exact) mass is 346 g/mol. The Kier molecular flexibility index (Phi) is 3.64. The van der Waals surface area contributed by atoms with Crippen LogP contribution in [-0.4, -0.2) is 44.4 Å². The first kappa shape index (κ1) is 15.3. The van der Waals surface area contributed by atoms with Crippen LogP contribution in [0, 0.1) is 0 Å². The molecule has 0 aliphatic carbocycles. The van der Waals surface area contributed by atoms with E-state index in [1.54, 1.807) is 16.4 Å². The molecule has 0 saturated carbocycles. The van der Waals surface area contributed by atoms with E-state index in [2.05, 4.69) is 15.4 Å². The summed E-state index contributed by atoms with van der Waals surface area (Å²) >= 11 is 1.62. The maximum Gasteiger partial charge on any atom is 0.236 e. The topological polar surface area (TPSA) is 78.3 Å². The second-order valence-electron chi connectivity index (χ2n) is 6.21. The van der Waals surface area contributed by atoms with Crippen LogP contribution in [0.3, 0.4) is 0 Å². The molecule has 3 heterocycles. The van der Waals surface area contributed by atoms with Crippen molar-refractivity contribution in [3.8, 4) is 17.2 Å². The van der Waals surface area contributed by atoms with Crippen molar-refractivity contribution >= 4 is 17.7 Å². The fraction of sp³-hybridized carbons (Fsp3) is 0.438. The minimum Gasteiger partial charge on any atom is -0.486 e. The second kappa shape index (κ2) is 5.70. The molecule has 1 fully saturated rings. The molecule has 0 spiro atoms. The lowest BCUT2D eigenvalue weighted by Gasteiger charge is -2.33. The molecular weight excluding hydrogens is 328 g/mol. The Hall–Kier alpha value is -2.22. The summed E-state index contributed by atoms with van der Waals surface area (Å²) in [6, 6.07) is 5.49. The Labute approximate surface area is 143 Å². The number of benzene rings is 1. The Morgan fingerprint density at radius 3 is 2.88 bits per heavy atom. The summed E-state index contributed by atoms with van der Waals surface area (Å²) in [6.07, 6.45) is 1.50. The maximum atomic E-state index is 12.2. The normalized spacial score (nSPS) is 22.1. The molecule has 2 aliphatic heterocycles. The van der Waals surface area contributed by atoms with Gasteiger partial charge in [-0.2, -0.15) is 5.10 Å². The van der Waals surface area contributed by atoms with Gasteiger partial charge in [-0.25, -0.2) is 9.67 Å². The van der Waals surface area contributed by atoms with Gasteiger partial charge in [0.15, 0.2) is 17.3 Å². The summed E-state index contributed by atoms with van der Waals surface area (Å²) in [5, 5.41) is 7.36. The highest BCUT2D eigenvalue weighted by Crippen LogP contribution is 2.35. The Balaban J connectivity index is 1.65. The maximum absolute atomic E-state index is 12.2. The average Bonchev–Trinajstić information content (AvgIpc) is 3.06. The summed E-state index contributed by atoms with van der Waals surface area (Å²) in [5.74, 6) is 2.91. The van der Waals surface area contributed by atoms with Gasteiger partial charge >= 0.3 is 0 Å². The van der Waals surface area contributed by atoms with Gasteiger partial charge in [0.1, 0.15) is 19.5 Å². The number of fused-ring (bicyclic) bond motifs is 1. The summed E-state index contributed by atoms with van der Waals surface area (Å²) < 4.78 is 12.5. The molecule has 1 N–H and O–H groups in total. The minimum absolute atomic E-state index is 0.0143. The fourth-order valence-electron chi connectivity index (χ4n) is 2.72. The second-order valence-corrected chi connectivity index (χ2v) is 7.85. The van der Waals surface area contributed by atoms with Gasteiger partial charge in [-0.05, 0) is 26.0 Å². The quantitative estimate of drug-likeness (QED) is 0.892. The molecule has 1 saturated heterocycles. The van der Waals surface area contributed by atoms with E-state index in [0.29, 0.717) is 24.8 Å². The first-order valence-electron chi connectivity index (χ1n) is 7.79. The zero-order valence-corrected chi connectivity index (χ0v) is 14.3. The van der Waals surface area contributed by atoms with Gasteiger partial charge in [-0.1, -0.05) is 0 Å². The van der Waals surface area contributed by atoms with Crippen molar-refractivity contribution < 1.29 is 14.3 Å². The van der Waals surface area contributed by atoms with Crippen LogP contribution >= 0.6 is 11.8 Å². The van der Waals surface area contributed by atoms with Crippen molar-refractivity contribution in [2.45, 2.75) is 24.6 Å². The fourth-order valence-corrected chi connectivity index (χ4v) is 3.73. The SMILES string of the molecule is CC1(C)SC[C@@H](c2ncnn2-c2ccc3c(c2)OCCO3)NC1=O. The van der Waals surface area contributed by atoms with Crippen molar-refractivity contribution in [1.82, 2.24) is 20.1 Å². The molecule has 2 aromatic rings. The number of hydrogen-bond acceptors (Lipinski definition) is 6. The minimum atomic E-state index is -0.418. The molecule has 4 rings (SSSR count). The number of thioether (sulfide) groups is 1. The molecule has 7 nitrogen and oxygen atoms in total. The summed E-state index contributed by atoms with van der Waals surface area (Å²) in [4.78, 5) is 16.6. The van der Waals surface area contributed by atoms with Crippen LogP contribution in [-0.2, 0) is 4.79 Å². The lowest BCUT2D eigenvalue weighted by atomic mass is 10.1. The molecule has 0 unspecified atom stereocenters. The van der Waals surface area contributed by atoms with Gasteiger partial charge < -0.3 is 14.8 Å². The third-order valence-corrected chi connectivity index (χ3v) is 5.53. The zero-order valence-electron chi connectivity index (χ0n) is 13.5. The predicted molar refractivity (Wildman–Crippen MR) is 89.8 cm³/mol. The van der Waals surface area contributed by atoms with Gasteiger partial charge in [0.25, 0.3) is 0 Å². The molecule has 2 aliphatic rings. The van der Waals surface area contributed by atoms with E-state index >= 15 is 0 Å². The highest BCUT2D eigenvalue weighted by molar-refractivity contribution is 8.01. The molecule has 1 aromatic carbocycles. The summed E-state index contributed by atoms with van der Waals surface area (Å²) in [5.41, 5.74) is 0.829. The molecule has 1 atom stereocenters. The lowest BCUT2D eigenvalue weighted by Crippen LogP contribution is -2.47. The lowest BCUT2D eigenvalue weighted by molar-refractivity contribution is -0.123. The van der Waals surface area contributed by atoms with Crippen LogP contribution in [0.5, 0.6) is 11.5 Å². The van der Waals surface area contributed by atoms with Crippen molar-refractivity contribution in [2.24, 2.45) is 0 Å². The number of ether oxygens (including phenoxy) is 2. The third-order valence-electron chi connectivity index (χ3n) is 4.12. The van der Waals surface area contributed by atoms with Crippen molar-refractivity contribution in [2.75, 3.05) is 19.0 Å². The summed E-state index contributed by atoms with van der Waals surface area (Å²) in [6.45, 7) is 4.94. The van der Waals surface area contributed by atoms with Crippen LogP contribution in [0.25, 0.3) is 5.69 Å². The number of aromatic nitrogens is 3. The van der Waals surface area contributed by atoms with Crippen LogP contribution in [0.4, 0.5) is 0 Å². The average molecular weight is 346 g/mol. The van der Waals surface area contributed by atoms with Crippen molar-refractivity contribution in [3.63, 3.8) is 0 Å². The van der Waals surface area contributed by atoms with E-state index in [-0.39, 0.29) is 11.9 Å². The smallest absolute Gasteiger partial charge is 0.236 e. The van der Waals surface area contributed by atoms with Gasteiger partial charge in [0.05, 0.1) is 16.5 Å². The van der Waals surface area contributed by atoms with Gasteiger partial charge in [0.2, 0.25) is 5.91 Å². The first-order valence-corrected chi connectivity index (χ1v) is 8.78. The van der Waals surface area contributed by atoms with Crippen molar-refractivity contribution in [3.05, 3.63) is 30.4 Å². The molecule has 0 radical (unpaired) electrons. The Morgan fingerprint density at radius 2 is 2.08 bits per heavy atom. The number of amides is 1. The number of rotatable bonds is 2. The molecule has 8 heteroatoms. The molecule has 1 aromatic heterocycles. The highest BCUT2D eigenvalue weighted by atomic mass is 32.2. The highest BCUT2D eigenvalue weighted by Gasteiger charge is 2.37. The van der Waals surface area contributed by atoms with E-state index in [1.165, 1.54) is 6.33 Å².